The molecule has 0 aromatic carbocycles. The first kappa shape index (κ1) is 35.3. The molecule has 0 aliphatic heterocycles. The van der Waals surface area contributed by atoms with Gasteiger partial charge in [-0.05, 0) is 49.1 Å². The Morgan fingerprint density at radius 3 is 2.12 bits per heavy atom. The third kappa shape index (κ3) is 8.10. The summed E-state index contributed by atoms with van der Waals surface area (Å²) in [5.41, 5.74) is 11.2. The summed E-state index contributed by atoms with van der Waals surface area (Å²) in [5.74, 6) is -2.58. The molecule has 2 aliphatic carbocycles. The predicted molar refractivity (Wildman–Crippen MR) is 168 cm³/mol. The van der Waals surface area contributed by atoms with Gasteiger partial charge >= 0.3 is 0 Å². The summed E-state index contributed by atoms with van der Waals surface area (Å²) in [7, 11) is 0. The molecule has 7 N–H and O–H groups in total. The van der Waals surface area contributed by atoms with E-state index < -0.39 is 65.1 Å². The second-order valence-corrected chi connectivity index (χ2v) is 13.5. The van der Waals surface area contributed by atoms with E-state index in [2.05, 4.69) is 10.3 Å². The van der Waals surface area contributed by atoms with Gasteiger partial charge < -0.3 is 27.0 Å². The lowest BCUT2D eigenvalue weighted by Crippen LogP contribution is -2.65. The number of nitrogens with zero attached hydrogens (tertiary/aromatic N) is 1. The van der Waals surface area contributed by atoms with Gasteiger partial charge in [-0.1, -0.05) is 91.5 Å². The van der Waals surface area contributed by atoms with Crippen LogP contribution >= 0.6 is 0 Å². The molecule has 3 rings (SSSR count). The molecular weight excluding hydrogens is 544 g/mol. The SMILES string of the molecule is CC[C@H](C)[C@H](N)C(=O)C(NC(=O)[C@](C(=O)C1CCCCC1)(C(C)C)[C@@H](O)[C@H](O)[C@@H](N)CC1CCCCC1)c1ccccn1. The van der Waals surface area contributed by atoms with Crippen molar-refractivity contribution >= 4 is 17.5 Å². The topological polar surface area (TPSA) is 169 Å². The second kappa shape index (κ2) is 16.2. The number of hydrogen-bond donors (Lipinski definition) is 5. The van der Waals surface area contributed by atoms with Crippen LogP contribution in [0.5, 0.6) is 0 Å². The number of carbonyl (C=O) groups excluding carboxylic acids is 3. The Morgan fingerprint density at radius 2 is 1.58 bits per heavy atom. The fourth-order valence-corrected chi connectivity index (χ4v) is 7.25. The number of pyridine rings is 1. The summed E-state index contributed by atoms with van der Waals surface area (Å²) in [4.78, 5) is 47.3. The maximum Gasteiger partial charge on any atom is 0.237 e. The van der Waals surface area contributed by atoms with Gasteiger partial charge in [0.25, 0.3) is 0 Å². The average Bonchev–Trinajstić information content (AvgIpc) is 3.03. The molecule has 1 amide bonds. The summed E-state index contributed by atoms with van der Waals surface area (Å²) < 4.78 is 0. The molecule has 2 aliphatic rings. The van der Waals surface area contributed by atoms with Crippen molar-refractivity contribution in [2.45, 2.75) is 135 Å². The van der Waals surface area contributed by atoms with E-state index in [0.717, 1.165) is 44.9 Å². The van der Waals surface area contributed by atoms with Crippen molar-refractivity contribution < 1.29 is 24.6 Å². The van der Waals surface area contributed by atoms with Gasteiger partial charge in [-0.2, -0.15) is 0 Å². The van der Waals surface area contributed by atoms with E-state index in [4.69, 9.17) is 11.5 Å². The molecule has 2 saturated carbocycles. The number of nitrogens with two attached hydrogens (primary N) is 2. The molecular formula is C34H56N4O5. The molecule has 0 bridgehead atoms. The van der Waals surface area contributed by atoms with Crippen molar-refractivity contribution in [3.05, 3.63) is 30.1 Å². The first-order valence-corrected chi connectivity index (χ1v) is 16.6. The molecule has 242 valence electrons. The number of rotatable bonds is 15. The maximum absolute atomic E-state index is 14.6. The van der Waals surface area contributed by atoms with Gasteiger partial charge in [0.1, 0.15) is 17.6 Å². The lowest BCUT2D eigenvalue weighted by molar-refractivity contribution is -0.168. The molecule has 0 saturated heterocycles. The van der Waals surface area contributed by atoms with Crippen LogP contribution in [0.4, 0.5) is 0 Å². The molecule has 9 heteroatoms. The van der Waals surface area contributed by atoms with E-state index in [-0.39, 0.29) is 5.92 Å². The molecule has 1 unspecified atom stereocenters. The Kier molecular flexibility index (Phi) is 13.3. The molecule has 7 atom stereocenters. The Bertz CT molecular complexity index is 1040. The molecule has 9 nitrogen and oxygen atoms in total. The number of amides is 1. The number of hydrogen-bond acceptors (Lipinski definition) is 8. The monoisotopic (exact) mass is 600 g/mol. The molecule has 1 aromatic rings. The van der Waals surface area contributed by atoms with Crippen LogP contribution in [0.25, 0.3) is 0 Å². The minimum Gasteiger partial charge on any atom is -0.389 e. The normalized spacial score (nSPS) is 22.5. The van der Waals surface area contributed by atoms with Crippen molar-refractivity contribution in [2.75, 3.05) is 0 Å². The summed E-state index contributed by atoms with van der Waals surface area (Å²) in [5, 5.41) is 26.4. The summed E-state index contributed by atoms with van der Waals surface area (Å²) in [6, 6.07) is 2.15. The van der Waals surface area contributed by atoms with Gasteiger partial charge in [0.05, 0.1) is 17.8 Å². The molecule has 1 aromatic heterocycles. The van der Waals surface area contributed by atoms with Crippen LogP contribution in [-0.4, -0.2) is 57.0 Å². The third-order valence-corrected chi connectivity index (χ3v) is 10.4. The van der Waals surface area contributed by atoms with Crippen molar-refractivity contribution in [2.24, 2.45) is 40.6 Å². The van der Waals surface area contributed by atoms with Crippen molar-refractivity contribution in [1.82, 2.24) is 10.3 Å². The third-order valence-electron chi connectivity index (χ3n) is 10.4. The van der Waals surface area contributed by atoms with E-state index >= 15 is 0 Å². The van der Waals surface area contributed by atoms with Gasteiger partial charge in [-0.3, -0.25) is 19.4 Å². The van der Waals surface area contributed by atoms with Crippen LogP contribution in [0, 0.1) is 29.1 Å². The number of aliphatic hydroxyl groups is 2. The van der Waals surface area contributed by atoms with Crippen molar-refractivity contribution in [3.8, 4) is 0 Å². The zero-order valence-corrected chi connectivity index (χ0v) is 26.7. The van der Waals surface area contributed by atoms with Crippen LogP contribution in [0.15, 0.2) is 24.4 Å². The Hall–Kier alpha value is -2.20. The average molecular weight is 601 g/mol. The van der Waals surface area contributed by atoms with Gasteiger partial charge in [-0.25, -0.2) is 0 Å². The highest BCUT2D eigenvalue weighted by Crippen LogP contribution is 2.42. The molecule has 2 fully saturated rings. The summed E-state index contributed by atoms with van der Waals surface area (Å²) in [6.45, 7) is 7.24. The van der Waals surface area contributed by atoms with Crippen LogP contribution in [-0.2, 0) is 14.4 Å². The zero-order valence-electron chi connectivity index (χ0n) is 26.7. The lowest BCUT2D eigenvalue weighted by atomic mass is 9.61. The number of Topliss-reactive ketones (excluding diaryl/α,β-unsaturated/α-hetero) is 2. The minimum atomic E-state index is -2.03. The van der Waals surface area contributed by atoms with E-state index in [1.54, 1.807) is 32.0 Å². The first-order chi connectivity index (χ1) is 20.5. The van der Waals surface area contributed by atoms with Crippen molar-refractivity contribution in [3.63, 3.8) is 0 Å². The quantitative estimate of drug-likeness (QED) is 0.188. The second-order valence-electron chi connectivity index (χ2n) is 13.5. The highest BCUT2D eigenvalue weighted by atomic mass is 16.3. The predicted octanol–water partition coefficient (Wildman–Crippen LogP) is 3.99. The fourth-order valence-electron chi connectivity index (χ4n) is 7.25. The smallest absolute Gasteiger partial charge is 0.237 e. The van der Waals surface area contributed by atoms with Gasteiger partial charge in [0.15, 0.2) is 11.6 Å². The standard InChI is InChI=1S/C34H56N4O5/c1-5-22(4)27(36)30(40)28(26-18-12-13-19-37-26)38-33(43)34(21(2)3,31(41)24-16-10-7-11-17-24)32(42)29(39)25(35)20-23-14-8-6-9-15-23/h12-13,18-19,21-25,27-29,32,39,42H,5-11,14-17,20,35-36H2,1-4H3,(H,38,43)/t22-,25-,27-,28?,29+,32-,34-/m0/s1. The summed E-state index contributed by atoms with van der Waals surface area (Å²) in [6.07, 6.45) is 8.78. The highest BCUT2D eigenvalue weighted by Gasteiger charge is 2.59. The van der Waals surface area contributed by atoms with Crippen LogP contribution < -0.4 is 16.8 Å². The first-order valence-electron chi connectivity index (χ1n) is 16.6. The molecule has 0 radical (unpaired) electrons. The van der Waals surface area contributed by atoms with Crippen LogP contribution in [0.1, 0.15) is 116 Å². The van der Waals surface area contributed by atoms with Gasteiger partial charge in [0, 0.05) is 18.2 Å². The number of carbonyl (C=O) groups is 3. The molecule has 0 spiro atoms. The minimum absolute atomic E-state index is 0.153. The number of aliphatic hydroxyl groups excluding tert-OH is 2. The highest BCUT2D eigenvalue weighted by molar-refractivity contribution is 6.09. The van der Waals surface area contributed by atoms with Crippen LogP contribution in [0.2, 0.25) is 0 Å². The Balaban J connectivity index is 2.04. The zero-order chi connectivity index (χ0) is 31.7. The number of ketones is 2. The fraction of sp³-hybridized carbons (Fsp3) is 0.765. The van der Waals surface area contributed by atoms with Crippen LogP contribution in [0.3, 0.4) is 0 Å². The largest absolute Gasteiger partial charge is 0.389 e. The Labute approximate surface area is 258 Å². The maximum atomic E-state index is 14.6. The number of nitrogens with one attached hydrogen (secondary N) is 1. The van der Waals surface area contributed by atoms with Crippen molar-refractivity contribution in [1.29, 1.82) is 0 Å². The summed E-state index contributed by atoms with van der Waals surface area (Å²) >= 11 is 0. The Morgan fingerprint density at radius 1 is 0.977 bits per heavy atom. The van der Waals surface area contributed by atoms with Gasteiger partial charge in [0.2, 0.25) is 5.91 Å². The van der Waals surface area contributed by atoms with Gasteiger partial charge in [-0.15, -0.1) is 0 Å². The van der Waals surface area contributed by atoms with E-state index in [1.165, 1.54) is 12.6 Å². The molecule has 1 heterocycles. The van der Waals surface area contributed by atoms with E-state index in [9.17, 15) is 24.6 Å². The lowest BCUT2D eigenvalue weighted by Gasteiger charge is -2.44. The molecule has 43 heavy (non-hydrogen) atoms. The van der Waals surface area contributed by atoms with E-state index in [1.807, 2.05) is 13.8 Å². The number of aromatic nitrogens is 1. The van der Waals surface area contributed by atoms with E-state index in [0.29, 0.717) is 37.3 Å².